The Kier molecular flexibility index (Phi) is 4.10. The van der Waals surface area contributed by atoms with E-state index in [0.717, 1.165) is 16.8 Å². The van der Waals surface area contributed by atoms with Gasteiger partial charge in [0, 0.05) is 12.7 Å². The molecule has 0 radical (unpaired) electrons. The van der Waals surface area contributed by atoms with Crippen LogP contribution in [0.15, 0.2) is 58.1 Å². The zero-order valence-electron chi connectivity index (χ0n) is 14.5. The SMILES string of the molecule is Cc1ccc(N(C)c2c(-c3ccc(C(C)C)cc3)c(=O)c2=O)cc1. The number of rotatable bonds is 4. The molecule has 24 heavy (non-hydrogen) atoms. The quantitative estimate of drug-likeness (QED) is 0.678. The molecule has 0 spiro atoms. The molecule has 0 heterocycles. The number of benzene rings is 2. The van der Waals surface area contributed by atoms with E-state index in [4.69, 9.17) is 0 Å². The first-order chi connectivity index (χ1) is 11.4. The fraction of sp³-hybridized carbons (Fsp3) is 0.238. The van der Waals surface area contributed by atoms with Crippen LogP contribution in [0.2, 0.25) is 0 Å². The molecule has 0 aromatic heterocycles. The number of hydrogen-bond acceptors (Lipinski definition) is 3. The van der Waals surface area contributed by atoms with Crippen molar-refractivity contribution in [1.29, 1.82) is 0 Å². The molecule has 122 valence electrons. The predicted octanol–water partition coefficient (Wildman–Crippen LogP) is 4.15. The highest BCUT2D eigenvalue weighted by Crippen LogP contribution is 2.31. The zero-order chi connectivity index (χ0) is 17.4. The van der Waals surface area contributed by atoms with Gasteiger partial charge in [-0.3, -0.25) is 9.59 Å². The van der Waals surface area contributed by atoms with E-state index in [2.05, 4.69) is 13.8 Å². The summed E-state index contributed by atoms with van der Waals surface area (Å²) in [6.45, 7) is 6.27. The molecule has 0 saturated carbocycles. The largest absolute Gasteiger partial charge is 0.341 e. The van der Waals surface area contributed by atoms with Gasteiger partial charge in [0.05, 0.1) is 5.56 Å². The van der Waals surface area contributed by atoms with Gasteiger partial charge in [0.25, 0.3) is 5.43 Å². The second-order valence-corrected chi connectivity index (χ2v) is 6.55. The third-order valence-electron chi connectivity index (χ3n) is 4.51. The molecule has 3 heteroatoms. The van der Waals surface area contributed by atoms with Crippen molar-refractivity contribution in [1.82, 2.24) is 0 Å². The van der Waals surface area contributed by atoms with Gasteiger partial charge in [-0.15, -0.1) is 0 Å². The van der Waals surface area contributed by atoms with Crippen molar-refractivity contribution in [2.24, 2.45) is 0 Å². The lowest BCUT2D eigenvalue weighted by molar-refractivity contribution is 0.867. The van der Waals surface area contributed by atoms with Crippen LogP contribution in [0.4, 0.5) is 11.4 Å². The van der Waals surface area contributed by atoms with Crippen LogP contribution in [-0.2, 0) is 0 Å². The lowest BCUT2D eigenvalue weighted by atomic mass is 9.94. The van der Waals surface area contributed by atoms with Gasteiger partial charge < -0.3 is 4.90 Å². The molecular weight excluding hydrogens is 298 g/mol. The summed E-state index contributed by atoms with van der Waals surface area (Å²) in [5, 5.41) is 0. The molecule has 0 bridgehead atoms. The first-order valence-electron chi connectivity index (χ1n) is 8.14. The zero-order valence-corrected chi connectivity index (χ0v) is 14.5. The van der Waals surface area contributed by atoms with E-state index in [1.165, 1.54) is 5.56 Å². The fourth-order valence-electron chi connectivity index (χ4n) is 2.90. The maximum absolute atomic E-state index is 12.2. The van der Waals surface area contributed by atoms with Crippen LogP contribution in [-0.4, -0.2) is 7.05 Å². The predicted molar refractivity (Wildman–Crippen MR) is 100 cm³/mol. The average Bonchev–Trinajstić information content (AvgIpc) is 2.59. The average molecular weight is 319 g/mol. The van der Waals surface area contributed by atoms with Crippen molar-refractivity contribution in [3.8, 4) is 11.1 Å². The second kappa shape index (κ2) is 6.08. The Hall–Kier alpha value is -2.68. The number of anilines is 2. The Bertz CT molecular complexity index is 928. The maximum Gasteiger partial charge on any atom is 0.250 e. The van der Waals surface area contributed by atoms with E-state index < -0.39 is 10.9 Å². The van der Waals surface area contributed by atoms with Gasteiger partial charge in [0.15, 0.2) is 0 Å². The van der Waals surface area contributed by atoms with Gasteiger partial charge in [0.1, 0.15) is 5.69 Å². The van der Waals surface area contributed by atoms with Gasteiger partial charge in [-0.05, 0) is 36.1 Å². The molecular formula is C21H21NO2. The van der Waals surface area contributed by atoms with Crippen LogP contribution >= 0.6 is 0 Å². The standard InChI is InChI=1S/C21H21NO2/c1-13(2)15-7-9-16(10-8-15)18-19(21(24)20(18)23)22(4)17-11-5-14(3)6-12-17/h5-13H,1-4H3. The molecule has 0 aliphatic carbocycles. The van der Waals surface area contributed by atoms with Crippen molar-refractivity contribution in [2.45, 2.75) is 26.7 Å². The third kappa shape index (κ3) is 2.67. The molecule has 0 aliphatic rings. The minimum absolute atomic E-state index is 0.402. The van der Waals surface area contributed by atoms with Crippen molar-refractivity contribution < 1.29 is 0 Å². The van der Waals surface area contributed by atoms with Crippen LogP contribution in [0.1, 0.15) is 30.9 Å². The molecule has 0 saturated heterocycles. The van der Waals surface area contributed by atoms with Gasteiger partial charge in [-0.25, -0.2) is 0 Å². The van der Waals surface area contributed by atoms with Crippen molar-refractivity contribution in [2.75, 3.05) is 11.9 Å². The summed E-state index contributed by atoms with van der Waals surface area (Å²) in [5.41, 5.74) is 4.24. The van der Waals surface area contributed by atoms with Gasteiger partial charge in [0.2, 0.25) is 5.43 Å². The summed E-state index contributed by atoms with van der Waals surface area (Å²) >= 11 is 0. The first kappa shape index (κ1) is 16.2. The molecule has 0 unspecified atom stereocenters. The molecule has 3 aromatic rings. The monoisotopic (exact) mass is 319 g/mol. The van der Waals surface area contributed by atoms with E-state index in [0.29, 0.717) is 17.2 Å². The van der Waals surface area contributed by atoms with Crippen LogP contribution in [0.25, 0.3) is 11.1 Å². The van der Waals surface area contributed by atoms with E-state index in [9.17, 15) is 9.59 Å². The second-order valence-electron chi connectivity index (χ2n) is 6.55. The Morgan fingerprint density at radius 2 is 1.42 bits per heavy atom. The number of aryl methyl sites for hydroxylation is 1. The van der Waals surface area contributed by atoms with Crippen molar-refractivity contribution in [3.05, 3.63) is 80.1 Å². The third-order valence-corrected chi connectivity index (χ3v) is 4.51. The van der Waals surface area contributed by atoms with E-state index in [-0.39, 0.29) is 0 Å². The summed E-state index contributed by atoms with van der Waals surface area (Å²) in [6.07, 6.45) is 0. The van der Waals surface area contributed by atoms with Crippen LogP contribution in [0.3, 0.4) is 0 Å². The van der Waals surface area contributed by atoms with Crippen LogP contribution in [0, 0.1) is 6.92 Å². The molecule has 3 rings (SSSR count). The van der Waals surface area contributed by atoms with Crippen LogP contribution in [0.5, 0.6) is 0 Å². The molecule has 0 atom stereocenters. The summed E-state index contributed by atoms with van der Waals surface area (Å²) in [7, 11) is 1.83. The highest BCUT2D eigenvalue weighted by atomic mass is 16.2. The smallest absolute Gasteiger partial charge is 0.250 e. The topological polar surface area (TPSA) is 37.4 Å². The maximum atomic E-state index is 12.2. The van der Waals surface area contributed by atoms with Gasteiger partial charge in [-0.2, -0.15) is 0 Å². The summed E-state index contributed by atoms with van der Waals surface area (Å²) in [5.74, 6) is 0.432. The highest BCUT2D eigenvalue weighted by molar-refractivity contribution is 5.85. The number of hydrogen-bond donors (Lipinski definition) is 0. The lowest BCUT2D eigenvalue weighted by Crippen LogP contribution is -2.38. The Balaban J connectivity index is 2.02. The molecule has 0 fully saturated rings. The van der Waals surface area contributed by atoms with E-state index in [1.807, 2.05) is 62.5 Å². The fourth-order valence-corrected chi connectivity index (χ4v) is 2.90. The highest BCUT2D eigenvalue weighted by Gasteiger charge is 2.25. The summed E-state index contributed by atoms with van der Waals surface area (Å²) in [4.78, 5) is 26.1. The minimum atomic E-state index is -0.416. The molecule has 3 nitrogen and oxygen atoms in total. The molecule has 0 N–H and O–H groups in total. The molecule has 0 amide bonds. The Labute approximate surface area is 141 Å². The first-order valence-corrected chi connectivity index (χ1v) is 8.14. The lowest BCUT2D eigenvalue weighted by Gasteiger charge is -2.23. The molecule has 0 aliphatic heterocycles. The minimum Gasteiger partial charge on any atom is -0.341 e. The Morgan fingerprint density at radius 3 is 1.96 bits per heavy atom. The summed E-state index contributed by atoms with van der Waals surface area (Å²) < 4.78 is 0. The van der Waals surface area contributed by atoms with E-state index >= 15 is 0 Å². The van der Waals surface area contributed by atoms with Crippen LogP contribution < -0.4 is 15.8 Å². The van der Waals surface area contributed by atoms with Gasteiger partial charge >= 0.3 is 0 Å². The number of nitrogens with zero attached hydrogens (tertiary/aromatic N) is 1. The normalized spacial score (nSPS) is 11.2. The van der Waals surface area contributed by atoms with E-state index in [1.54, 1.807) is 4.90 Å². The van der Waals surface area contributed by atoms with Crippen molar-refractivity contribution in [3.63, 3.8) is 0 Å². The van der Waals surface area contributed by atoms with Gasteiger partial charge in [-0.1, -0.05) is 55.8 Å². The van der Waals surface area contributed by atoms with Crippen molar-refractivity contribution >= 4 is 11.4 Å². The molecule has 3 aromatic carbocycles. The Morgan fingerprint density at radius 1 is 0.833 bits per heavy atom. The summed E-state index contributed by atoms with van der Waals surface area (Å²) in [6, 6.07) is 15.8.